The maximum atomic E-state index is 12.1. The van der Waals surface area contributed by atoms with Crippen molar-refractivity contribution < 1.29 is 14.3 Å². The predicted molar refractivity (Wildman–Crippen MR) is 67.9 cm³/mol. The molecule has 18 heavy (non-hydrogen) atoms. The zero-order valence-corrected chi connectivity index (χ0v) is 11.1. The van der Waals surface area contributed by atoms with E-state index >= 15 is 0 Å². The number of nitrogens with two attached hydrogens (primary N) is 1. The molecule has 0 aromatic rings. The Morgan fingerprint density at radius 1 is 1.33 bits per heavy atom. The van der Waals surface area contributed by atoms with Crippen LogP contribution in [-0.2, 0) is 14.3 Å². The van der Waals surface area contributed by atoms with Crippen LogP contribution in [0.1, 0.15) is 26.2 Å². The van der Waals surface area contributed by atoms with Crippen LogP contribution < -0.4 is 11.1 Å². The first-order valence-electron chi connectivity index (χ1n) is 6.42. The molecule has 0 aliphatic carbocycles. The van der Waals surface area contributed by atoms with Gasteiger partial charge in [0, 0.05) is 26.7 Å². The summed E-state index contributed by atoms with van der Waals surface area (Å²) >= 11 is 0. The molecule has 0 saturated carbocycles. The largest absolute Gasteiger partial charge is 0.370 e. The van der Waals surface area contributed by atoms with Crippen LogP contribution in [0.3, 0.4) is 0 Å². The number of methoxy groups -OCH3 is 1. The zero-order chi connectivity index (χ0) is 13.5. The molecule has 6 heteroatoms. The second-order valence-corrected chi connectivity index (χ2v) is 4.58. The van der Waals surface area contributed by atoms with Crippen LogP contribution in [0.2, 0.25) is 0 Å². The minimum Gasteiger partial charge on any atom is -0.370 e. The summed E-state index contributed by atoms with van der Waals surface area (Å²) in [4.78, 5) is 25.6. The molecular weight excluding hydrogens is 234 g/mol. The summed E-state index contributed by atoms with van der Waals surface area (Å²) in [6.07, 6.45) is 2.55. The van der Waals surface area contributed by atoms with Crippen molar-refractivity contribution in [2.75, 3.05) is 26.7 Å². The molecule has 1 aliphatic heterocycles. The first-order chi connectivity index (χ1) is 8.60. The van der Waals surface area contributed by atoms with Crippen molar-refractivity contribution in [1.29, 1.82) is 0 Å². The molecule has 1 fully saturated rings. The summed E-state index contributed by atoms with van der Waals surface area (Å²) in [5, 5.41) is 2.64. The number of ether oxygens (including phenoxy) is 1. The molecule has 2 amide bonds. The average molecular weight is 257 g/mol. The quantitative estimate of drug-likeness (QED) is 0.694. The number of carbonyl (C=O) groups excluding carboxylic acids is 2. The Balaban J connectivity index is 2.45. The van der Waals surface area contributed by atoms with Gasteiger partial charge >= 0.3 is 0 Å². The van der Waals surface area contributed by atoms with Gasteiger partial charge in [-0.25, -0.2) is 0 Å². The monoisotopic (exact) mass is 257 g/mol. The SMILES string of the molecule is COC(CN)C(=O)NC(C)C(=O)N1CCCCC1. The summed E-state index contributed by atoms with van der Waals surface area (Å²) in [6.45, 7) is 3.36. The van der Waals surface area contributed by atoms with Gasteiger partial charge in [0.25, 0.3) is 5.91 Å². The predicted octanol–water partition coefficient (Wildman–Crippen LogP) is -0.523. The molecule has 1 aliphatic rings. The van der Waals surface area contributed by atoms with Crippen LogP contribution in [-0.4, -0.2) is 55.6 Å². The fourth-order valence-corrected chi connectivity index (χ4v) is 2.07. The van der Waals surface area contributed by atoms with Crippen LogP contribution >= 0.6 is 0 Å². The molecular formula is C12H23N3O3. The Kier molecular flexibility index (Phi) is 6.07. The van der Waals surface area contributed by atoms with Gasteiger partial charge in [-0.3, -0.25) is 9.59 Å². The van der Waals surface area contributed by atoms with E-state index in [2.05, 4.69) is 5.32 Å². The highest BCUT2D eigenvalue weighted by Gasteiger charge is 2.25. The lowest BCUT2D eigenvalue weighted by Crippen LogP contribution is -2.52. The normalized spacial score (nSPS) is 19.2. The van der Waals surface area contributed by atoms with Crippen molar-refractivity contribution in [2.45, 2.75) is 38.3 Å². The lowest BCUT2D eigenvalue weighted by atomic mass is 10.1. The number of amides is 2. The third kappa shape index (κ3) is 3.96. The topological polar surface area (TPSA) is 84.7 Å². The molecule has 1 saturated heterocycles. The van der Waals surface area contributed by atoms with Gasteiger partial charge < -0.3 is 20.7 Å². The maximum Gasteiger partial charge on any atom is 0.251 e. The molecule has 0 aromatic heterocycles. The Morgan fingerprint density at radius 3 is 2.44 bits per heavy atom. The zero-order valence-electron chi connectivity index (χ0n) is 11.1. The highest BCUT2D eigenvalue weighted by Crippen LogP contribution is 2.10. The van der Waals surface area contributed by atoms with E-state index < -0.39 is 12.1 Å². The van der Waals surface area contributed by atoms with Gasteiger partial charge in [-0.15, -0.1) is 0 Å². The van der Waals surface area contributed by atoms with Crippen LogP contribution in [0.25, 0.3) is 0 Å². The van der Waals surface area contributed by atoms with Crippen molar-refractivity contribution in [3.05, 3.63) is 0 Å². The molecule has 0 spiro atoms. The van der Waals surface area contributed by atoms with Gasteiger partial charge in [0.15, 0.2) is 0 Å². The van der Waals surface area contributed by atoms with Crippen LogP contribution in [0.5, 0.6) is 0 Å². The summed E-state index contributed by atoms with van der Waals surface area (Å²) in [5.41, 5.74) is 5.40. The van der Waals surface area contributed by atoms with Crippen molar-refractivity contribution in [1.82, 2.24) is 10.2 Å². The number of hydrogen-bond acceptors (Lipinski definition) is 4. The van der Waals surface area contributed by atoms with Gasteiger partial charge in [0.1, 0.15) is 12.1 Å². The molecule has 0 aromatic carbocycles. The van der Waals surface area contributed by atoms with Crippen LogP contribution in [0, 0.1) is 0 Å². The van der Waals surface area contributed by atoms with E-state index in [1.165, 1.54) is 13.5 Å². The van der Waals surface area contributed by atoms with Crippen molar-refractivity contribution in [3.63, 3.8) is 0 Å². The Morgan fingerprint density at radius 2 is 1.94 bits per heavy atom. The smallest absolute Gasteiger partial charge is 0.251 e. The van der Waals surface area contributed by atoms with E-state index in [4.69, 9.17) is 10.5 Å². The van der Waals surface area contributed by atoms with Crippen molar-refractivity contribution >= 4 is 11.8 Å². The number of rotatable bonds is 5. The Labute approximate surface area is 108 Å². The first kappa shape index (κ1) is 14.9. The minimum absolute atomic E-state index is 0.0325. The number of nitrogens with zero attached hydrogens (tertiary/aromatic N) is 1. The number of hydrogen-bond donors (Lipinski definition) is 2. The fourth-order valence-electron chi connectivity index (χ4n) is 2.07. The third-order valence-electron chi connectivity index (χ3n) is 3.19. The van der Waals surface area contributed by atoms with Crippen molar-refractivity contribution in [3.8, 4) is 0 Å². The molecule has 104 valence electrons. The molecule has 0 bridgehead atoms. The second kappa shape index (κ2) is 7.33. The molecule has 1 rings (SSSR count). The second-order valence-electron chi connectivity index (χ2n) is 4.58. The summed E-state index contributed by atoms with van der Waals surface area (Å²) < 4.78 is 4.93. The minimum atomic E-state index is -0.693. The van der Waals surface area contributed by atoms with Crippen LogP contribution in [0.15, 0.2) is 0 Å². The number of piperidine rings is 1. The van der Waals surface area contributed by atoms with Gasteiger partial charge in [0.2, 0.25) is 5.91 Å². The first-order valence-corrected chi connectivity index (χ1v) is 6.42. The lowest BCUT2D eigenvalue weighted by molar-refractivity contribution is -0.139. The molecule has 0 radical (unpaired) electrons. The highest BCUT2D eigenvalue weighted by atomic mass is 16.5. The van der Waals surface area contributed by atoms with E-state index in [1.807, 2.05) is 0 Å². The van der Waals surface area contributed by atoms with E-state index in [0.29, 0.717) is 0 Å². The van der Waals surface area contributed by atoms with E-state index in [-0.39, 0.29) is 18.4 Å². The van der Waals surface area contributed by atoms with Crippen molar-refractivity contribution in [2.24, 2.45) is 5.73 Å². The number of nitrogens with one attached hydrogen (secondary N) is 1. The molecule has 2 unspecified atom stereocenters. The van der Waals surface area contributed by atoms with E-state index in [9.17, 15) is 9.59 Å². The lowest BCUT2D eigenvalue weighted by Gasteiger charge is -2.29. The highest BCUT2D eigenvalue weighted by molar-refractivity contribution is 5.89. The maximum absolute atomic E-state index is 12.1. The summed E-state index contributed by atoms with van der Waals surface area (Å²) in [5.74, 6) is -0.368. The third-order valence-corrected chi connectivity index (χ3v) is 3.19. The molecule has 3 N–H and O–H groups in total. The Bertz CT molecular complexity index is 286. The molecule has 6 nitrogen and oxygen atoms in total. The fraction of sp³-hybridized carbons (Fsp3) is 0.833. The van der Waals surface area contributed by atoms with E-state index in [1.54, 1.807) is 11.8 Å². The van der Waals surface area contributed by atoms with Gasteiger partial charge in [0.05, 0.1) is 0 Å². The van der Waals surface area contributed by atoms with Crippen LogP contribution in [0.4, 0.5) is 0 Å². The standard InChI is InChI=1S/C12H23N3O3/c1-9(14-11(16)10(8-13)18-2)12(17)15-6-4-3-5-7-15/h9-10H,3-8,13H2,1-2H3,(H,14,16). The van der Waals surface area contributed by atoms with E-state index in [0.717, 1.165) is 25.9 Å². The molecule has 1 heterocycles. The van der Waals surface area contributed by atoms with Gasteiger partial charge in [-0.2, -0.15) is 0 Å². The summed E-state index contributed by atoms with van der Waals surface area (Å²) in [7, 11) is 1.42. The number of carbonyl (C=O) groups is 2. The van der Waals surface area contributed by atoms with Gasteiger partial charge in [-0.05, 0) is 26.2 Å². The Hall–Kier alpha value is -1.14. The van der Waals surface area contributed by atoms with Gasteiger partial charge in [-0.1, -0.05) is 0 Å². The average Bonchev–Trinajstić information content (AvgIpc) is 2.40. The molecule has 2 atom stereocenters. The number of likely N-dealkylation sites (tertiary alicyclic amines) is 1. The summed E-state index contributed by atoms with van der Waals surface area (Å²) in [6, 6.07) is -0.528.